The Labute approximate surface area is 120 Å². The zero-order valence-corrected chi connectivity index (χ0v) is 12.8. The molecule has 0 fully saturated rings. The molecule has 1 unspecified atom stereocenters. The van der Waals surface area contributed by atoms with Crippen LogP contribution in [0.25, 0.3) is 10.9 Å². The van der Waals surface area contributed by atoms with Crippen molar-refractivity contribution in [2.45, 2.75) is 24.7 Å². The fourth-order valence-electron chi connectivity index (χ4n) is 2.06. The number of rotatable bonds is 5. The highest BCUT2D eigenvalue weighted by atomic mass is 32.2. The van der Waals surface area contributed by atoms with Crippen LogP contribution in [0.3, 0.4) is 0 Å². The van der Waals surface area contributed by atoms with E-state index in [4.69, 9.17) is 4.74 Å². The molecule has 108 valence electrons. The minimum atomic E-state index is -1.28. The number of hydrogen-bond donors (Lipinski definition) is 0. The van der Waals surface area contributed by atoms with Crippen molar-refractivity contribution < 1.29 is 8.95 Å². The second kappa shape index (κ2) is 6.22. The molecule has 2 rings (SSSR count). The van der Waals surface area contributed by atoms with E-state index < -0.39 is 10.8 Å². The standard InChI is InChI=1S/C15H19NO3S/c1-4-5-8-19-11-6-7-12-13(9-11)16(2)10-14(15(12)17)20(3)18/h6-7,9-10H,4-5,8H2,1-3H3. The lowest BCUT2D eigenvalue weighted by Crippen LogP contribution is -2.14. The number of hydrogen-bond acceptors (Lipinski definition) is 3. The van der Waals surface area contributed by atoms with Gasteiger partial charge in [0.1, 0.15) is 10.6 Å². The van der Waals surface area contributed by atoms with Crippen LogP contribution in [0.4, 0.5) is 0 Å². The van der Waals surface area contributed by atoms with Crippen molar-refractivity contribution in [2.75, 3.05) is 12.9 Å². The third-order valence-electron chi connectivity index (χ3n) is 3.20. The van der Waals surface area contributed by atoms with Gasteiger partial charge in [-0.2, -0.15) is 0 Å². The van der Waals surface area contributed by atoms with Crippen molar-refractivity contribution in [1.82, 2.24) is 4.57 Å². The van der Waals surface area contributed by atoms with Gasteiger partial charge in [-0.3, -0.25) is 9.00 Å². The average molecular weight is 293 g/mol. The molecule has 20 heavy (non-hydrogen) atoms. The van der Waals surface area contributed by atoms with Crippen LogP contribution in [0.15, 0.2) is 34.1 Å². The van der Waals surface area contributed by atoms with Gasteiger partial charge in [-0.05, 0) is 18.6 Å². The minimum absolute atomic E-state index is 0.168. The average Bonchev–Trinajstić information content (AvgIpc) is 2.42. The molecule has 0 aliphatic carbocycles. The van der Waals surface area contributed by atoms with Gasteiger partial charge in [0.05, 0.1) is 22.9 Å². The maximum absolute atomic E-state index is 12.2. The summed E-state index contributed by atoms with van der Waals surface area (Å²) in [4.78, 5) is 12.6. The van der Waals surface area contributed by atoms with E-state index in [1.807, 2.05) is 17.7 Å². The van der Waals surface area contributed by atoms with Crippen LogP contribution >= 0.6 is 0 Å². The van der Waals surface area contributed by atoms with Crippen LogP contribution in [0.5, 0.6) is 5.75 Å². The fourth-order valence-corrected chi connectivity index (χ4v) is 2.74. The molecule has 1 heterocycles. The van der Waals surface area contributed by atoms with Gasteiger partial charge < -0.3 is 9.30 Å². The van der Waals surface area contributed by atoms with Crippen molar-refractivity contribution >= 4 is 21.7 Å². The van der Waals surface area contributed by atoms with Crippen molar-refractivity contribution in [3.63, 3.8) is 0 Å². The summed E-state index contributed by atoms with van der Waals surface area (Å²) in [6, 6.07) is 5.39. The topological polar surface area (TPSA) is 48.3 Å². The molecule has 0 aliphatic heterocycles. The molecule has 1 aromatic carbocycles. The highest BCUT2D eigenvalue weighted by molar-refractivity contribution is 7.84. The Bertz CT molecular complexity index is 706. The lowest BCUT2D eigenvalue weighted by Gasteiger charge is -2.10. The lowest BCUT2D eigenvalue weighted by atomic mass is 10.2. The molecule has 1 aromatic heterocycles. The number of aryl methyl sites for hydroxylation is 1. The van der Waals surface area contributed by atoms with E-state index in [-0.39, 0.29) is 5.43 Å². The third-order valence-corrected chi connectivity index (χ3v) is 4.12. The molecule has 0 N–H and O–H groups in total. The highest BCUT2D eigenvalue weighted by Crippen LogP contribution is 2.19. The number of ether oxygens (including phenoxy) is 1. The van der Waals surface area contributed by atoms with Gasteiger partial charge in [-0.25, -0.2) is 0 Å². The molecule has 4 nitrogen and oxygen atoms in total. The quantitative estimate of drug-likeness (QED) is 0.796. The van der Waals surface area contributed by atoms with E-state index in [9.17, 15) is 9.00 Å². The monoisotopic (exact) mass is 293 g/mol. The van der Waals surface area contributed by atoms with E-state index >= 15 is 0 Å². The molecular weight excluding hydrogens is 274 g/mol. The van der Waals surface area contributed by atoms with Crippen LogP contribution in [0.1, 0.15) is 19.8 Å². The van der Waals surface area contributed by atoms with Gasteiger partial charge >= 0.3 is 0 Å². The predicted octanol–water partition coefficient (Wildman–Crippen LogP) is 2.45. The molecule has 0 spiro atoms. The first-order valence-electron chi connectivity index (χ1n) is 6.64. The summed E-state index contributed by atoms with van der Waals surface area (Å²) in [5.74, 6) is 0.756. The Hall–Kier alpha value is -1.62. The summed E-state index contributed by atoms with van der Waals surface area (Å²) < 4.78 is 19.0. The Kier molecular flexibility index (Phi) is 4.60. The van der Waals surface area contributed by atoms with Gasteiger partial charge in [0.25, 0.3) is 0 Å². The number of nitrogens with zero attached hydrogens (tertiary/aromatic N) is 1. The molecule has 0 saturated carbocycles. The van der Waals surface area contributed by atoms with Gasteiger partial charge in [0, 0.05) is 31.0 Å². The summed E-state index contributed by atoms with van der Waals surface area (Å²) in [5.41, 5.74) is 0.622. The highest BCUT2D eigenvalue weighted by Gasteiger charge is 2.11. The Morgan fingerprint density at radius 1 is 1.35 bits per heavy atom. The van der Waals surface area contributed by atoms with E-state index in [1.54, 1.807) is 18.3 Å². The first-order valence-corrected chi connectivity index (χ1v) is 8.20. The number of unbranched alkanes of at least 4 members (excludes halogenated alkanes) is 1. The molecule has 1 atom stereocenters. The minimum Gasteiger partial charge on any atom is -0.494 e. The maximum atomic E-state index is 12.2. The van der Waals surface area contributed by atoms with Crippen molar-refractivity contribution in [3.8, 4) is 5.75 Å². The molecule has 0 amide bonds. The zero-order chi connectivity index (χ0) is 14.7. The number of pyridine rings is 1. The smallest absolute Gasteiger partial charge is 0.205 e. The van der Waals surface area contributed by atoms with Crippen LogP contribution < -0.4 is 10.2 Å². The number of aromatic nitrogens is 1. The molecular formula is C15H19NO3S. The Morgan fingerprint density at radius 2 is 2.10 bits per heavy atom. The molecule has 0 saturated heterocycles. The van der Waals surface area contributed by atoms with E-state index in [0.29, 0.717) is 16.9 Å². The lowest BCUT2D eigenvalue weighted by molar-refractivity contribution is 0.309. The van der Waals surface area contributed by atoms with Gasteiger partial charge in [-0.15, -0.1) is 0 Å². The second-order valence-electron chi connectivity index (χ2n) is 4.77. The van der Waals surface area contributed by atoms with Gasteiger partial charge in [0.2, 0.25) is 5.43 Å². The fraction of sp³-hybridized carbons (Fsp3) is 0.400. The SMILES string of the molecule is CCCCOc1ccc2c(=O)c(S(C)=O)cn(C)c2c1. The molecule has 5 heteroatoms. The van der Waals surface area contributed by atoms with Crippen LogP contribution in [0, 0.1) is 0 Å². The first-order chi connectivity index (χ1) is 9.54. The number of benzene rings is 1. The maximum Gasteiger partial charge on any atom is 0.205 e. The van der Waals surface area contributed by atoms with Crippen LogP contribution in [-0.4, -0.2) is 21.6 Å². The Morgan fingerprint density at radius 3 is 2.75 bits per heavy atom. The second-order valence-corrected chi connectivity index (χ2v) is 6.12. The molecule has 0 radical (unpaired) electrons. The van der Waals surface area contributed by atoms with Crippen LogP contribution in [0.2, 0.25) is 0 Å². The Balaban J connectivity index is 2.49. The zero-order valence-electron chi connectivity index (χ0n) is 12.0. The van der Waals surface area contributed by atoms with Crippen LogP contribution in [-0.2, 0) is 17.8 Å². The van der Waals surface area contributed by atoms with Gasteiger partial charge in [-0.1, -0.05) is 13.3 Å². The van der Waals surface area contributed by atoms with Crippen molar-refractivity contribution in [1.29, 1.82) is 0 Å². The summed E-state index contributed by atoms with van der Waals surface area (Å²) in [5, 5.41) is 0.572. The van der Waals surface area contributed by atoms with E-state index in [1.165, 1.54) is 6.26 Å². The predicted molar refractivity (Wildman–Crippen MR) is 81.9 cm³/mol. The number of fused-ring (bicyclic) bond motifs is 1. The van der Waals surface area contributed by atoms with Crippen molar-refractivity contribution in [2.24, 2.45) is 7.05 Å². The summed E-state index contributed by atoms with van der Waals surface area (Å²) >= 11 is 0. The summed E-state index contributed by atoms with van der Waals surface area (Å²) in [6.45, 7) is 2.78. The van der Waals surface area contributed by atoms with E-state index in [2.05, 4.69) is 6.92 Å². The third kappa shape index (κ3) is 2.93. The van der Waals surface area contributed by atoms with E-state index in [0.717, 1.165) is 24.1 Å². The largest absolute Gasteiger partial charge is 0.494 e. The molecule has 2 aromatic rings. The van der Waals surface area contributed by atoms with Gasteiger partial charge in [0.15, 0.2) is 0 Å². The first kappa shape index (κ1) is 14.8. The summed E-state index contributed by atoms with van der Waals surface area (Å²) in [7, 11) is 0.558. The van der Waals surface area contributed by atoms with Crippen molar-refractivity contribution in [3.05, 3.63) is 34.6 Å². The molecule has 0 aliphatic rings. The molecule has 0 bridgehead atoms. The summed E-state index contributed by atoms with van der Waals surface area (Å²) in [6.07, 6.45) is 5.24. The normalized spacial score (nSPS) is 12.6.